The molecular weight excluding hydrogens is 425 g/mol. The number of unbranched alkanes of at least 4 members (excludes halogenated alkanes) is 1. The molecular formula is C24H31F3O5. The molecule has 5 atom stereocenters. The Morgan fingerprint density at radius 2 is 2.00 bits per heavy atom. The first-order valence-corrected chi connectivity index (χ1v) is 10.7. The lowest BCUT2D eigenvalue weighted by Crippen LogP contribution is -2.21. The van der Waals surface area contributed by atoms with E-state index in [2.05, 4.69) is 0 Å². The zero-order valence-corrected chi connectivity index (χ0v) is 18.0. The first-order chi connectivity index (χ1) is 15.1. The maximum absolute atomic E-state index is 12.8. The predicted octanol–water partition coefficient (Wildman–Crippen LogP) is 4.06. The highest BCUT2D eigenvalue weighted by Crippen LogP contribution is 2.36. The van der Waals surface area contributed by atoms with Crippen molar-refractivity contribution in [2.75, 3.05) is 6.61 Å². The van der Waals surface area contributed by atoms with Crippen molar-refractivity contribution >= 4 is 5.78 Å². The number of ether oxygens (including phenoxy) is 1. The Morgan fingerprint density at radius 3 is 2.69 bits per heavy atom. The fourth-order valence-corrected chi connectivity index (χ4v) is 3.80. The second-order valence-electron chi connectivity index (χ2n) is 8.20. The molecule has 5 nitrogen and oxygen atoms in total. The molecule has 1 aliphatic carbocycles. The van der Waals surface area contributed by atoms with Crippen LogP contribution in [0, 0.1) is 11.8 Å². The van der Waals surface area contributed by atoms with Crippen LogP contribution in [0.15, 0.2) is 48.6 Å². The number of benzene rings is 1. The second kappa shape index (κ2) is 12.2. The number of carbonyl (C=O) groups excluding carboxylic acids is 1. The van der Waals surface area contributed by atoms with Gasteiger partial charge in [-0.05, 0) is 50.3 Å². The molecule has 0 amide bonds. The van der Waals surface area contributed by atoms with Crippen LogP contribution >= 0.6 is 0 Å². The van der Waals surface area contributed by atoms with Gasteiger partial charge in [-0.2, -0.15) is 13.2 Å². The summed E-state index contributed by atoms with van der Waals surface area (Å²) in [6.07, 6.45) is 2.79. The SMILES string of the molecule is CC(=O)CCCC=CCC1C(O)CC(O)C1C=CC(O)COc1cccc(C(F)(F)F)c1. The fraction of sp³-hybridized carbons (Fsp3) is 0.542. The maximum Gasteiger partial charge on any atom is 0.416 e. The molecule has 178 valence electrons. The van der Waals surface area contributed by atoms with E-state index in [4.69, 9.17) is 4.74 Å². The average Bonchev–Trinajstić information content (AvgIpc) is 2.99. The number of carbonyl (C=O) groups is 1. The summed E-state index contributed by atoms with van der Waals surface area (Å²) in [5.41, 5.74) is -0.833. The summed E-state index contributed by atoms with van der Waals surface area (Å²) in [5.74, 6) is -0.443. The molecule has 1 saturated carbocycles. The Hall–Kier alpha value is -2.16. The van der Waals surface area contributed by atoms with Crippen LogP contribution < -0.4 is 4.74 Å². The molecule has 1 aromatic rings. The highest BCUT2D eigenvalue weighted by Gasteiger charge is 2.39. The van der Waals surface area contributed by atoms with Crippen LogP contribution in [0.1, 0.15) is 44.6 Å². The lowest BCUT2D eigenvalue weighted by atomic mass is 9.89. The Morgan fingerprint density at radius 1 is 1.25 bits per heavy atom. The third kappa shape index (κ3) is 8.41. The first-order valence-electron chi connectivity index (χ1n) is 10.7. The summed E-state index contributed by atoms with van der Waals surface area (Å²) >= 11 is 0. The summed E-state index contributed by atoms with van der Waals surface area (Å²) < 4.78 is 43.6. The van der Waals surface area contributed by atoms with Crippen LogP contribution in [0.5, 0.6) is 5.75 Å². The number of rotatable bonds is 11. The molecule has 0 aliphatic heterocycles. The zero-order chi connectivity index (χ0) is 23.7. The highest BCUT2D eigenvalue weighted by atomic mass is 19.4. The van der Waals surface area contributed by atoms with Crippen molar-refractivity contribution in [3.8, 4) is 5.75 Å². The van der Waals surface area contributed by atoms with Gasteiger partial charge >= 0.3 is 6.18 Å². The molecule has 0 spiro atoms. The van der Waals surface area contributed by atoms with Crippen molar-refractivity contribution < 1.29 is 38.0 Å². The molecule has 8 heteroatoms. The molecule has 1 aromatic carbocycles. The normalized spacial score (nSPS) is 25.0. The third-order valence-corrected chi connectivity index (χ3v) is 5.53. The van der Waals surface area contributed by atoms with Crippen LogP contribution in [-0.4, -0.2) is 46.0 Å². The summed E-state index contributed by atoms with van der Waals surface area (Å²) in [7, 11) is 0. The second-order valence-corrected chi connectivity index (χ2v) is 8.20. The summed E-state index contributed by atoms with van der Waals surface area (Å²) in [6, 6.07) is 4.41. The smallest absolute Gasteiger partial charge is 0.416 e. The largest absolute Gasteiger partial charge is 0.491 e. The van der Waals surface area contributed by atoms with Gasteiger partial charge in [-0.15, -0.1) is 0 Å². The minimum Gasteiger partial charge on any atom is -0.491 e. The monoisotopic (exact) mass is 456 g/mol. The Labute approximate surface area is 186 Å². The number of allylic oxidation sites excluding steroid dienone is 2. The standard InChI is InChI=1S/C24H31F3O5/c1-16(28)7-4-2-3-5-10-20-21(23(31)14-22(20)30)12-11-18(29)15-32-19-9-6-8-17(13-19)24(25,26)27/h3,5-6,8-9,11-13,18,20-23,29-31H,2,4,7,10,14-15H2,1H3. The Bertz CT molecular complexity index is 790. The number of aliphatic hydroxyl groups excluding tert-OH is 3. The van der Waals surface area contributed by atoms with Gasteiger partial charge in [0.2, 0.25) is 0 Å². The molecule has 32 heavy (non-hydrogen) atoms. The van der Waals surface area contributed by atoms with Crippen LogP contribution in [0.2, 0.25) is 0 Å². The minimum atomic E-state index is -4.48. The zero-order valence-electron chi connectivity index (χ0n) is 18.0. The average molecular weight is 457 g/mol. The third-order valence-electron chi connectivity index (χ3n) is 5.53. The van der Waals surface area contributed by atoms with Crippen LogP contribution in [-0.2, 0) is 11.0 Å². The number of Topliss-reactive ketones (excluding diaryl/α,β-unsaturated/α-hetero) is 1. The molecule has 0 bridgehead atoms. The van der Waals surface area contributed by atoms with Crippen molar-refractivity contribution in [3.63, 3.8) is 0 Å². The van der Waals surface area contributed by atoms with Crippen molar-refractivity contribution in [3.05, 3.63) is 54.1 Å². The lowest BCUT2D eigenvalue weighted by Gasteiger charge is -2.19. The van der Waals surface area contributed by atoms with Crippen molar-refractivity contribution in [2.24, 2.45) is 11.8 Å². The first kappa shape index (κ1) is 26.1. The van der Waals surface area contributed by atoms with Crippen LogP contribution in [0.25, 0.3) is 0 Å². The molecule has 2 rings (SSSR count). The predicted molar refractivity (Wildman–Crippen MR) is 114 cm³/mol. The highest BCUT2D eigenvalue weighted by molar-refractivity contribution is 5.75. The van der Waals surface area contributed by atoms with Crippen molar-refractivity contribution in [1.29, 1.82) is 0 Å². The van der Waals surface area contributed by atoms with E-state index in [9.17, 15) is 33.3 Å². The van der Waals surface area contributed by atoms with Gasteiger partial charge in [-0.3, -0.25) is 0 Å². The Balaban J connectivity index is 1.87. The van der Waals surface area contributed by atoms with Crippen molar-refractivity contribution in [1.82, 2.24) is 0 Å². The van der Waals surface area contributed by atoms with Gasteiger partial charge in [0.25, 0.3) is 0 Å². The van der Waals surface area contributed by atoms with Gasteiger partial charge in [-0.1, -0.05) is 30.4 Å². The number of ketones is 1. The molecule has 0 aromatic heterocycles. The summed E-state index contributed by atoms with van der Waals surface area (Å²) in [5, 5.41) is 30.7. The summed E-state index contributed by atoms with van der Waals surface area (Å²) in [6.45, 7) is 1.31. The van der Waals surface area contributed by atoms with Gasteiger partial charge < -0.3 is 24.9 Å². The van der Waals surface area contributed by atoms with E-state index in [0.717, 1.165) is 25.0 Å². The van der Waals surface area contributed by atoms with Gasteiger partial charge in [0.05, 0.1) is 17.8 Å². The maximum atomic E-state index is 12.8. The minimum absolute atomic E-state index is 0.00335. The van der Waals surface area contributed by atoms with Gasteiger partial charge in [0.15, 0.2) is 0 Å². The van der Waals surface area contributed by atoms with E-state index in [-0.39, 0.29) is 36.4 Å². The quantitative estimate of drug-likeness (QED) is 0.345. The topological polar surface area (TPSA) is 87.0 Å². The number of hydrogen-bond donors (Lipinski definition) is 3. The summed E-state index contributed by atoms with van der Waals surface area (Å²) in [4.78, 5) is 10.9. The molecule has 0 radical (unpaired) electrons. The van der Waals surface area contributed by atoms with E-state index in [0.29, 0.717) is 12.8 Å². The van der Waals surface area contributed by atoms with Crippen LogP contribution in [0.4, 0.5) is 13.2 Å². The van der Waals surface area contributed by atoms with Gasteiger partial charge in [0, 0.05) is 18.8 Å². The number of alkyl halides is 3. The number of aliphatic hydroxyl groups is 3. The number of halogens is 3. The van der Waals surface area contributed by atoms with E-state index >= 15 is 0 Å². The molecule has 0 heterocycles. The van der Waals surface area contributed by atoms with E-state index in [1.54, 1.807) is 13.0 Å². The van der Waals surface area contributed by atoms with E-state index in [1.807, 2.05) is 12.2 Å². The fourth-order valence-electron chi connectivity index (χ4n) is 3.80. The number of hydrogen-bond acceptors (Lipinski definition) is 5. The van der Waals surface area contributed by atoms with Crippen LogP contribution in [0.3, 0.4) is 0 Å². The molecule has 0 saturated heterocycles. The molecule has 5 unspecified atom stereocenters. The molecule has 1 fully saturated rings. The van der Waals surface area contributed by atoms with Gasteiger partial charge in [0.1, 0.15) is 24.2 Å². The van der Waals surface area contributed by atoms with Gasteiger partial charge in [-0.25, -0.2) is 0 Å². The molecule has 1 aliphatic rings. The Kier molecular flexibility index (Phi) is 9.93. The molecule has 3 N–H and O–H groups in total. The van der Waals surface area contributed by atoms with Crippen molar-refractivity contribution in [2.45, 2.75) is 63.5 Å². The lowest BCUT2D eigenvalue weighted by molar-refractivity contribution is -0.137. The van der Waals surface area contributed by atoms with E-state index in [1.165, 1.54) is 18.2 Å². The van der Waals surface area contributed by atoms with E-state index < -0.39 is 30.1 Å².